The summed E-state index contributed by atoms with van der Waals surface area (Å²) in [5.41, 5.74) is 3.18. The smallest absolute Gasteiger partial charge is 0.123 e. The summed E-state index contributed by atoms with van der Waals surface area (Å²) in [5.74, 6) is 0.846. The third kappa shape index (κ3) is 3.86. The van der Waals surface area contributed by atoms with Gasteiger partial charge in [-0.15, -0.1) is 0 Å². The number of rotatable bonds is 5. The maximum atomic E-state index is 6.12. The highest BCUT2D eigenvalue weighted by Crippen LogP contribution is 2.25. The highest BCUT2D eigenvalue weighted by Gasteiger charge is 2.07. The van der Waals surface area contributed by atoms with Crippen LogP contribution in [0.15, 0.2) is 72.9 Å². The van der Waals surface area contributed by atoms with Crippen LogP contribution in [0.3, 0.4) is 0 Å². The number of nitrogens with zero attached hydrogens (tertiary/aromatic N) is 1. The third-order valence-corrected chi connectivity index (χ3v) is 3.59. The second-order valence-corrected chi connectivity index (χ2v) is 5.46. The summed E-state index contributed by atoms with van der Waals surface area (Å²) in [6, 6.07) is 21.7. The zero-order valence-electron chi connectivity index (χ0n) is 12.1. The molecule has 0 saturated heterocycles. The van der Waals surface area contributed by atoms with E-state index in [0.29, 0.717) is 18.1 Å². The lowest BCUT2D eigenvalue weighted by Gasteiger charge is -2.12. The molecule has 0 radical (unpaired) electrons. The monoisotopic (exact) mass is 309 g/mol. The van der Waals surface area contributed by atoms with Crippen molar-refractivity contribution in [2.24, 2.45) is 0 Å². The van der Waals surface area contributed by atoms with E-state index in [1.165, 1.54) is 0 Å². The first-order valence-corrected chi connectivity index (χ1v) is 7.54. The Morgan fingerprint density at radius 2 is 1.73 bits per heavy atom. The summed E-state index contributed by atoms with van der Waals surface area (Å²) in [7, 11) is 0. The van der Waals surface area contributed by atoms with Gasteiger partial charge in [0.15, 0.2) is 0 Å². The number of hydrogen-bond donors (Lipinski definition) is 0. The van der Waals surface area contributed by atoms with Crippen molar-refractivity contribution < 1.29 is 4.74 Å². The second kappa shape index (κ2) is 7.10. The highest BCUT2D eigenvalue weighted by molar-refractivity contribution is 6.30. The molecule has 3 rings (SSSR count). The van der Waals surface area contributed by atoms with Gasteiger partial charge in [-0.25, -0.2) is 0 Å². The Hall–Kier alpha value is -2.32. The molecule has 3 heteroatoms. The molecule has 1 aromatic heterocycles. The Bertz CT molecular complexity index is 729. The molecule has 2 nitrogen and oxygen atoms in total. The van der Waals surface area contributed by atoms with Crippen molar-refractivity contribution in [3.63, 3.8) is 0 Å². The van der Waals surface area contributed by atoms with E-state index in [9.17, 15) is 0 Å². The van der Waals surface area contributed by atoms with E-state index in [1.807, 2.05) is 66.7 Å². The van der Waals surface area contributed by atoms with Gasteiger partial charge < -0.3 is 4.74 Å². The fourth-order valence-electron chi connectivity index (χ4n) is 2.26. The largest absolute Gasteiger partial charge is 0.489 e. The lowest BCUT2D eigenvalue weighted by molar-refractivity contribution is 0.303. The number of ether oxygens (including phenoxy) is 1. The molecule has 0 fully saturated rings. The van der Waals surface area contributed by atoms with Gasteiger partial charge in [0.25, 0.3) is 0 Å². The van der Waals surface area contributed by atoms with Crippen molar-refractivity contribution in [1.82, 2.24) is 4.98 Å². The topological polar surface area (TPSA) is 22.1 Å². The standard InChI is InChI=1S/C19H16ClNO/c20-17-9-10-19(22-14-15-6-2-1-3-7-15)16(12-17)13-18-8-4-5-11-21-18/h1-12H,13-14H2. The van der Waals surface area contributed by atoms with Gasteiger partial charge in [-0.05, 0) is 35.9 Å². The minimum absolute atomic E-state index is 0.539. The van der Waals surface area contributed by atoms with E-state index < -0.39 is 0 Å². The summed E-state index contributed by atoms with van der Waals surface area (Å²) in [6.07, 6.45) is 2.50. The summed E-state index contributed by atoms with van der Waals surface area (Å²) in [5, 5.41) is 0.706. The van der Waals surface area contributed by atoms with E-state index in [2.05, 4.69) is 4.98 Å². The Morgan fingerprint density at radius 1 is 0.909 bits per heavy atom. The molecule has 0 saturated carbocycles. The van der Waals surface area contributed by atoms with Crippen LogP contribution < -0.4 is 4.74 Å². The van der Waals surface area contributed by atoms with Gasteiger partial charge in [0.05, 0.1) is 0 Å². The molecule has 0 unspecified atom stereocenters. The first-order chi connectivity index (χ1) is 10.8. The molecular weight excluding hydrogens is 294 g/mol. The zero-order valence-corrected chi connectivity index (χ0v) is 12.8. The predicted molar refractivity (Wildman–Crippen MR) is 89.3 cm³/mol. The minimum Gasteiger partial charge on any atom is -0.489 e. The Labute approximate surface area is 135 Å². The molecule has 22 heavy (non-hydrogen) atoms. The van der Waals surface area contributed by atoms with Crippen LogP contribution in [0.5, 0.6) is 5.75 Å². The minimum atomic E-state index is 0.539. The van der Waals surface area contributed by atoms with Crippen molar-refractivity contribution >= 4 is 11.6 Å². The van der Waals surface area contributed by atoms with Crippen molar-refractivity contribution in [3.8, 4) is 5.75 Å². The molecule has 0 N–H and O–H groups in total. The van der Waals surface area contributed by atoms with Crippen LogP contribution in [-0.4, -0.2) is 4.98 Å². The van der Waals surface area contributed by atoms with Crippen LogP contribution in [0.4, 0.5) is 0 Å². The number of halogens is 1. The number of hydrogen-bond acceptors (Lipinski definition) is 2. The molecule has 110 valence electrons. The molecule has 0 aliphatic rings. The number of pyridine rings is 1. The van der Waals surface area contributed by atoms with Gasteiger partial charge in [0, 0.05) is 28.9 Å². The Balaban J connectivity index is 1.78. The molecule has 0 bridgehead atoms. The van der Waals surface area contributed by atoms with E-state index >= 15 is 0 Å². The molecule has 0 amide bonds. The summed E-state index contributed by atoms with van der Waals surface area (Å²) in [6.45, 7) is 0.539. The lowest BCUT2D eigenvalue weighted by Crippen LogP contribution is -2.00. The van der Waals surface area contributed by atoms with Crippen molar-refractivity contribution in [3.05, 3.63) is 94.8 Å². The van der Waals surface area contributed by atoms with Gasteiger partial charge in [0.1, 0.15) is 12.4 Å². The zero-order chi connectivity index (χ0) is 15.2. The molecule has 3 aromatic rings. The molecular formula is C19H16ClNO. The summed E-state index contributed by atoms with van der Waals surface area (Å²) in [4.78, 5) is 4.36. The average molecular weight is 310 g/mol. The number of benzene rings is 2. The lowest BCUT2D eigenvalue weighted by atomic mass is 10.1. The fraction of sp³-hybridized carbons (Fsp3) is 0.105. The van der Waals surface area contributed by atoms with Gasteiger partial charge in [-0.1, -0.05) is 48.0 Å². The molecule has 2 aromatic carbocycles. The summed E-state index contributed by atoms with van der Waals surface area (Å²) < 4.78 is 5.96. The van der Waals surface area contributed by atoms with Gasteiger partial charge in [-0.3, -0.25) is 4.98 Å². The summed E-state index contributed by atoms with van der Waals surface area (Å²) >= 11 is 6.12. The van der Waals surface area contributed by atoms with Gasteiger partial charge in [0.2, 0.25) is 0 Å². The Morgan fingerprint density at radius 3 is 2.50 bits per heavy atom. The first kappa shape index (κ1) is 14.6. The highest BCUT2D eigenvalue weighted by atomic mass is 35.5. The van der Waals surface area contributed by atoms with Crippen LogP contribution >= 0.6 is 11.6 Å². The molecule has 0 aliphatic heterocycles. The van der Waals surface area contributed by atoms with Crippen LogP contribution in [0.1, 0.15) is 16.8 Å². The van der Waals surface area contributed by atoms with Crippen molar-refractivity contribution in [2.45, 2.75) is 13.0 Å². The number of aromatic nitrogens is 1. The van der Waals surface area contributed by atoms with Crippen LogP contribution in [0, 0.1) is 0 Å². The maximum absolute atomic E-state index is 6.12. The van der Waals surface area contributed by atoms with E-state index in [1.54, 1.807) is 6.20 Å². The average Bonchev–Trinajstić information content (AvgIpc) is 2.56. The third-order valence-electron chi connectivity index (χ3n) is 3.36. The molecule has 0 aliphatic carbocycles. The Kier molecular flexibility index (Phi) is 4.71. The van der Waals surface area contributed by atoms with Crippen LogP contribution in [0.25, 0.3) is 0 Å². The van der Waals surface area contributed by atoms with E-state index in [0.717, 1.165) is 22.6 Å². The van der Waals surface area contributed by atoms with Crippen LogP contribution in [-0.2, 0) is 13.0 Å². The van der Waals surface area contributed by atoms with Gasteiger partial charge in [-0.2, -0.15) is 0 Å². The van der Waals surface area contributed by atoms with Crippen LogP contribution in [0.2, 0.25) is 5.02 Å². The normalized spacial score (nSPS) is 10.4. The van der Waals surface area contributed by atoms with E-state index in [-0.39, 0.29) is 0 Å². The second-order valence-electron chi connectivity index (χ2n) is 5.02. The fourth-order valence-corrected chi connectivity index (χ4v) is 2.45. The molecule has 0 spiro atoms. The molecule has 0 atom stereocenters. The predicted octanol–water partition coefficient (Wildman–Crippen LogP) is 4.90. The van der Waals surface area contributed by atoms with Crippen molar-refractivity contribution in [1.29, 1.82) is 0 Å². The first-order valence-electron chi connectivity index (χ1n) is 7.16. The van der Waals surface area contributed by atoms with E-state index in [4.69, 9.17) is 16.3 Å². The maximum Gasteiger partial charge on any atom is 0.123 e. The van der Waals surface area contributed by atoms with Gasteiger partial charge >= 0.3 is 0 Å². The molecule has 1 heterocycles. The SMILES string of the molecule is Clc1ccc(OCc2ccccc2)c(Cc2ccccn2)c1. The van der Waals surface area contributed by atoms with Crippen molar-refractivity contribution in [2.75, 3.05) is 0 Å². The quantitative estimate of drug-likeness (QED) is 0.668.